The summed E-state index contributed by atoms with van der Waals surface area (Å²) >= 11 is 0. The zero-order valence-electron chi connectivity index (χ0n) is 11.9. The molecule has 2 aliphatic rings. The largest absolute Gasteiger partial charge is 0.344 e. The van der Waals surface area contributed by atoms with Crippen LogP contribution in [0, 0.1) is 5.92 Å². The third-order valence-electron chi connectivity index (χ3n) is 3.88. The predicted octanol–water partition coefficient (Wildman–Crippen LogP) is -0.327. The SMILES string of the molecule is Cl.Cn1ccc(N2CCCC(NC(=O)C3CNC3)C2=O)n1. The van der Waals surface area contributed by atoms with E-state index in [1.807, 2.05) is 19.3 Å². The number of rotatable bonds is 3. The lowest BCUT2D eigenvalue weighted by atomic mass is 9.99. The third-order valence-corrected chi connectivity index (χ3v) is 3.88. The highest BCUT2D eigenvalue weighted by molar-refractivity contribution is 5.99. The van der Waals surface area contributed by atoms with E-state index >= 15 is 0 Å². The van der Waals surface area contributed by atoms with Crippen LogP contribution in [0.1, 0.15) is 12.8 Å². The molecule has 116 valence electrons. The van der Waals surface area contributed by atoms with Crippen molar-refractivity contribution in [3.63, 3.8) is 0 Å². The molecule has 2 fully saturated rings. The summed E-state index contributed by atoms with van der Waals surface area (Å²) in [5.74, 6) is 0.579. The second-order valence-electron chi connectivity index (χ2n) is 5.40. The van der Waals surface area contributed by atoms with Gasteiger partial charge >= 0.3 is 0 Å². The first-order valence-corrected chi connectivity index (χ1v) is 6.97. The van der Waals surface area contributed by atoms with Crippen LogP contribution < -0.4 is 15.5 Å². The summed E-state index contributed by atoms with van der Waals surface area (Å²) in [5, 5.41) is 10.2. The number of hydrogen-bond donors (Lipinski definition) is 2. The molecule has 1 aromatic rings. The van der Waals surface area contributed by atoms with Crippen molar-refractivity contribution in [3.05, 3.63) is 12.3 Å². The lowest BCUT2D eigenvalue weighted by Crippen LogP contribution is -2.57. The topological polar surface area (TPSA) is 79.3 Å². The Morgan fingerprint density at radius 2 is 2.24 bits per heavy atom. The first-order valence-electron chi connectivity index (χ1n) is 6.97. The fourth-order valence-electron chi connectivity index (χ4n) is 2.55. The molecular weight excluding hydrogens is 294 g/mol. The van der Waals surface area contributed by atoms with Crippen LogP contribution in [0.3, 0.4) is 0 Å². The van der Waals surface area contributed by atoms with Crippen molar-refractivity contribution in [1.82, 2.24) is 20.4 Å². The van der Waals surface area contributed by atoms with Crippen molar-refractivity contribution in [2.45, 2.75) is 18.9 Å². The van der Waals surface area contributed by atoms with Gasteiger partial charge in [0, 0.05) is 38.9 Å². The Kier molecular flexibility index (Phi) is 4.84. The Morgan fingerprint density at radius 1 is 1.48 bits per heavy atom. The molecule has 2 N–H and O–H groups in total. The smallest absolute Gasteiger partial charge is 0.250 e. The van der Waals surface area contributed by atoms with Gasteiger partial charge in [0.2, 0.25) is 5.91 Å². The molecule has 2 aliphatic heterocycles. The Morgan fingerprint density at radius 3 is 2.81 bits per heavy atom. The van der Waals surface area contributed by atoms with E-state index < -0.39 is 6.04 Å². The van der Waals surface area contributed by atoms with E-state index in [9.17, 15) is 9.59 Å². The molecule has 0 saturated carbocycles. The quantitative estimate of drug-likeness (QED) is 0.801. The Labute approximate surface area is 129 Å². The third kappa shape index (κ3) is 3.19. The lowest BCUT2D eigenvalue weighted by molar-refractivity contribution is -0.131. The Hall–Kier alpha value is -1.60. The normalized spacial score (nSPS) is 22.4. The molecule has 1 atom stereocenters. The molecule has 0 aromatic carbocycles. The highest BCUT2D eigenvalue weighted by Crippen LogP contribution is 2.19. The van der Waals surface area contributed by atoms with E-state index in [-0.39, 0.29) is 30.1 Å². The van der Waals surface area contributed by atoms with Gasteiger partial charge in [-0.05, 0) is 12.8 Å². The van der Waals surface area contributed by atoms with Gasteiger partial charge in [-0.1, -0.05) is 0 Å². The summed E-state index contributed by atoms with van der Waals surface area (Å²) in [6.45, 7) is 2.07. The number of hydrogen-bond acceptors (Lipinski definition) is 4. The van der Waals surface area contributed by atoms with Crippen LogP contribution in [-0.2, 0) is 16.6 Å². The van der Waals surface area contributed by atoms with Crippen LogP contribution >= 0.6 is 12.4 Å². The Balaban J connectivity index is 0.00000161. The molecule has 0 aliphatic carbocycles. The monoisotopic (exact) mass is 313 g/mol. The number of amides is 2. The molecule has 2 saturated heterocycles. The van der Waals surface area contributed by atoms with Crippen LogP contribution in [0.25, 0.3) is 0 Å². The maximum absolute atomic E-state index is 12.4. The van der Waals surface area contributed by atoms with Gasteiger partial charge in [-0.25, -0.2) is 0 Å². The van der Waals surface area contributed by atoms with Crippen LogP contribution in [0.5, 0.6) is 0 Å². The number of carbonyl (C=O) groups is 2. The summed E-state index contributed by atoms with van der Waals surface area (Å²) in [5.41, 5.74) is 0. The van der Waals surface area contributed by atoms with Crippen molar-refractivity contribution in [1.29, 1.82) is 0 Å². The fraction of sp³-hybridized carbons (Fsp3) is 0.615. The van der Waals surface area contributed by atoms with Crippen molar-refractivity contribution < 1.29 is 9.59 Å². The molecule has 3 heterocycles. The molecule has 0 radical (unpaired) electrons. The zero-order valence-corrected chi connectivity index (χ0v) is 12.7. The Bertz CT molecular complexity index is 528. The summed E-state index contributed by atoms with van der Waals surface area (Å²) in [6.07, 6.45) is 3.38. The van der Waals surface area contributed by atoms with Gasteiger partial charge in [0.1, 0.15) is 6.04 Å². The lowest BCUT2D eigenvalue weighted by Gasteiger charge is -2.33. The number of piperidine rings is 1. The summed E-state index contributed by atoms with van der Waals surface area (Å²) in [6, 6.07) is 1.40. The maximum Gasteiger partial charge on any atom is 0.250 e. The summed E-state index contributed by atoms with van der Waals surface area (Å²) in [4.78, 5) is 26.1. The van der Waals surface area contributed by atoms with Gasteiger partial charge in [-0.15, -0.1) is 12.4 Å². The molecule has 0 spiro atoms. The molecule has 1 unspecified atom stereocenters. The van der Waals surface area contributed by atoms with Gasteiger partial charge < -0.3 is 10.6 Å². The first-order chi connectivity index (χ1) is 9.65. The van der Waals surface area contributed by atoms with Gasteiger partial charge in [0.25, 0.3) is 5.91 Å². The number of halogens is 1. The second-order valence-corrected chi connectivity index (χ2v) is 5.40. The predicted molar refractivity (Wildman–Crippen MR) is 80.3 cm³/mol. The van der Waals surface area contributed by atoms with Crippen LogP contribution in [-0.4, -0.2) is 47.3 Å². The minimum absolute atomic E-state index is 0. The van der Waals surface area contributed by atoms with Crippen LogP contribution in [0.4, 0.5) is 5.82 Å². The molecule has 3 rings (SSSR count). The number of aromatic nitrogens is 2. The minimum atomic E-state index is -0.418. The van der Waals surface area contributed by atoms with Gasteiger partial charge in [0.05, 0.1) is 5.92 Å². The van der Waals surface area contributed by atoms with E-state index in [0.717, 1.165) is 6.42 Å². The van der Waals surface area contributed by atoms with E-state index in [4.69, 9.17) is 0 Å². The minimum Gasteiger partial charge on any atom is -0.344 e. The number of nitrogens with one attached hydrogen (secondary N) is 2. The van der Waals surface area contributed by atoms with E-state index in [1.165, 1.54) is 0 Å². The molecule has 1 aromatic heterocycles. The van der Waals surface area contributed by atoms with Crippen molar-refractivity contribution >= 4 is 30.0 Å². The number of nitrogens with zero attached hydrogens (tertiary/aromatic N) is 3. The zero-order chi connectivity index (χ0) is 14.1. The molecule has 21 heavy (non-hydrogen) atoms. The van der Waals surface area contributed by atoms with Crippen molar-refractivity contribution in [2.24, 2.45) is 13.0 Å². The summed E-state index contributed by atoms with van der Waals surface area (Å²) < 4.78 is 1.67. The first kappa shape index (κ1) is 15.8. The summed E-state index contributed by atoms with van der Waals surface area (Å²) in [7, 11) is 1.82. The highest BCUT2D eigenvalue weighted by Gasteiger charge is 2.34. The van der Waals surface area contributed by atoms with E-state index in [0.29, 0.717) is 31.9 Å². The van der Waals surface area contributed by atoms with Gasteiger partial charge in [-0.3, -0.25) is 19.2 Å². The highest BCUT2D eigenvalue weighted by atomic mass is 35.5. The maximum atomic E-state index is 12.4. The molecular formula is C13H20ClN5O2. The van der Waals surface area contributed by atoms with Crippen LogP contribution in [0.15, 0.2) is 12.3 Å². The van der Waals surface area contributed by atoms with Gasteiger partial charge in [-0.2, -0.15) is 5.10 Å². The average Bonchev–Trinajstić information content (AvgIpc) is 2.76. The number of carbonyl (C=O) groups excluding carboxylic acids is 2. The average molecular weight is 314 g/mol. The number of aryl methyl sites for hydroxylation is 1. The molecule has 2 amide bonds. The molecule has 0 bridgehead atoms. The number of anilines is 1. The fourth-order valence-corrected chi connectivity index (χ4v) is 2.55. The standard InChI is InChI=1S/C13H19N5O2.ClH/c1-17-6-4-11(16-17)18-5-2-3-10(13(18)20)15-12(19)9-7-14-8-9;/h4,6,9-10,14H,2-3,5,7-8H2,1H3,(H,15,19);1H. The van der Waals surface area contributed by atoms with E-state index in [2.05, 4.69) is 15.7 Å². The second kappa shape index (κ2) is 6.44. The van der Waals surface area contributed by atoms with Gasteiger partial charge in [0.15, 0.2) is 5.82 Å². The van der Waals surface area contributed by atoms with Crippen molar-refractivity contribution in [2.75, 3.05) is 24.5 Å². The van der Waals surface area contributed by atoms with Crippen molar-refractivity contribution in [3.8, 4) is 0 Å². The van der Waals surface area contributed by atoms with Crippen LogP contribution in [0.2, 0.25) is 0 Å². The molecule has 7 nitrogen and oxygen atoms in total. The van der Waals surface area contributed by atoms with E-state index in [1.54, 1.807) is 9.58 Å². The molecule has 8 heteroatoms.